The molecule has 0 saturated carbocycles. The molecule has 2 fully saturated rings. The molecular formula is C16H24ClN3O4S. The third-order valence-electron chi connectivity index (χ3n) is 4.47. The van der Waals surface area contributed by atoms with Crippen LogP contribution < -0.4 is 5.32 Å². The van der Waals surface area contributed by atoms with Gasteiger partial charge in [0.05, 0.1) is 18.1 Å². The topological polar surface area (TPSA) is 79.0 Å². The molecule has 0 unspecified atom stereocenters. The van der Waals surface area contributed by atoms with E-state index in [2.05, 4.69) is 5.32 Å². The van der Waals surface area contributed by atoms with Gasteiger partial charge < -0.3 is 15.0 Å². The fourth-order valence-electron chi connectivity index (χ4n) is 3.01. The standard InChI is InChI=1S/C16H23N3O4S.ClH/c1-13-12-17-6-7-19(13)16(20)14-2-4-15(5-3-14)24(21,22)18-8-10-23-11-9-18;/h2-5,13,17H,6-12H2,1H3;1H/t13-;/m1./s1. The highest BCUT2D eigenvalue weighted by Gasteiger charge is 2.27. The molecule has 3 rings (SSSR count). The molecule has 1 atom stereocenters. The van der Waals surface area contributed by atoms with Crippen LogP contribution in [0.4, 0.5) is 0 Å². The van der Waals surface area contributed by atoms with E-state index in [1.165, 1.54) is 16.4 Å². The highest BCUT2D eigenvalue weighted by Crippen LogP contribution is 2.19. The number of nitrogens with zero attached hydrogens (tertiary/aromatic N) is 2. The largest absolute Gasteiger partial charge is 0.379 e. The molecule has 9 heteroatoms. The Bertz CT molecular complexity index is 690. The molecule has 140 valence electrons. The fraction of sp³-hybridized carbons (Fsp3) is 0.562. The van der Waals surface area contributed by atoms with Crippen molar-refractivity contribution in [2.75, 3.05) is 45.9 Å². The first-order valence-corrected chi connectivity index (χ1v) is 9.64. The monoisotopic (exact) mass is 389 g/mol. The molecule has 0 spiro atoms. The van der Waals surface area contributed by atoms with Crippen LogP contribution >= 0.6 is 12.4 Å². The van der Waals surface area contributed by atoms with Gasteiger partial charge in [-0.3, -0.25) is 4.79 Å². The fourth-order valence-corrected chi connectivity index (χ4v) is 4.42. The van der Waals surface area contributed by atoms with E-state index in [-0.39, 0.29) is 29.3 Å². The highest BCUT2D eigenvalue weighted by molar-refractivity contribution is 7.89. The van der Waals surface area contributed by atoms with Crippen molar-refractivity contribution in [1.82, 2.24) is 14.5 Å². The van der Waals surface area contributed by atoms with Gasteiger partial charge in [0.2, 0.25) is 10.0 Å². The molecule has 0 aliphatic carbocycles. The molecule has 0 radical (unpaired) electrons. The number of nitrogens with one attached hydrogen (secondary N) is 1. The predicted molar refractivity (Wildman–Crippen MR) is 96.6 cm³/mol. The van der Waals surface area contributed by atoms with E-state index in [1.807, 2.05) is 11.8 Å². The summed E-state index contributed by atoms with van der Waals surface area (Å²) in [5, 5.41) is 3.25. The molecule has 2 saturated heterocycles. The van der Waals surface area contributed by atoms with Crippen LogP contribution in [0.5, 0.6) is 0 Å². The van der Waals surface area contributed by atoms with Crippen molar-refractivity contribution in [2.24, 2.45) is 0 Å². The molecule has 2 aliphatic heterocycles. The average Bonchev–Trinajstić information content (AvgIpc) is 2.62. The lowest BCUT2D eigenvalue weighted by Gasteiger charge is -2.34. The molecule has 2 aliphatic rings. The first-order valence-electron chi connectivity index (χ1n) is 8.20. The van der Waals surface area contributed by atoms with Crippen LogP contribution in [0.1, 0.15) is 17.3 Å². The van der Waals surface area contributed by atoms with Crippen molar-refractivity contribution in [3.05, 3.63) is 29.8 Å². The number of amides is 1. The Labute approximate surface area is 154 Å². The van der Waals surface area contributed by atoms with Crippen molar-refractivity contribution >= 4 is 28.3 Å². The molecule has 1 aromatic carbocycles. The van der Waals surface area contributed by atoms with E-state index in [1.54, 1.807) is 12.1 Å². The van der Waals surface area contributed by atoms with Gasteiger partial charge in [-0.05, 0) is 31.2 Å². The Morgan fingerprint density at radius 1 is 1.16 bits per heavy atom. The number of hydrogen-bond acceptors (Lipinski definition) is 5. The number of benzene rings is 1. The Morgan fingerprint density at radius 2 is 1.80 bits per heavy atom. The summed E-state index contributed by atoms with van der Waals surface area (Å²) in [6.45, 7) is 5.76. The number of morpholine rings is 1. The van der Waals surface area contributed by atoms with Crippen molar-refractivity contribution in [1.29, 1.82) is 0 Å². The van der Waals surface area contributed by atoms with Gasteiger partial charge in [-0.2, -0.15) is 4.31 Å². The van der Waals surface area contributed by atoms with Gasteiger partial charge >= 0.3 is 0 Å². The molecule has 1 aromatic rings. The Balaban J connectivity index is 0.00000225. The minimum absolute atomic E-state index is 0. The first-order chi connectivity index (χ1) is 11.5. The van der Waals surface area contributed by atoms with E-state index in [4.69, 9.17) is 4.74 Å². The van der Waals surface area contributed by atoms with E-state index in [9.17, 15) is 13.2 Å². The van der Waals surface area contributed by atoms with Gasteiger partial charge in [0.25, 0.3) is 5.91 Å². The average molecular weight is 390 g/mol. The van der Waals surface area contributed by atoms with Crippen LogP contribution in [-0.4, -0.2) is 75.5 Å². The van der Waals surface area contributed by atoms with Gasteiger partial charge in [0, 0.05) is 44.3 Å². The minimum Gasteiger partial charge on any atom is -0.379 e. The summed E-state index contributed by atoms with van der Waals surface area (Å²) in [5.41, 5.74) is 0.518. The van der Waals surface area contributed by atoms with Crippen molar-refractivity contribution in [3.8, 4) is 0 Å². The SMILES string of the molecule is C[C@@H]1CNCCN1C(=O)c1ccc(S(=O)(=O)N2CCOCC2)cc1.Cl. The van der Waals surface area contributed by atoms with Crippen molar-refractivity contribution in [3.63, 3.8) is 0 Å². The van der Waals surface area contributed by atoms with E-state index < -0.39 is 10.0 Å². The van der Waals surface area contributed by atoms with Gasteiger partial charge in [-0.1, -0.05) is 0 Å². The van der Waals surface area contributed by atoms with Gasteiger partial charge in [0.1, 0.15) is 0 Å². The molecule has 1 N–H and O–H groups in total. The summed E-state index contributed by atoms with van der Waals surface area (Å²) in [4.78, 5) is 14.6. The van der Waals surface area contributed by atoms with Gasteiger partial charge in [-0.15, -0.1) is 12.4 Å². The number of piperazine rings is 1. The maximum atomic E-state index is 12.6. The zero-order chi connectivity index (χ0) is 17.2. The summed E-state index contributed by atoms with van der Waals surface area (Å²) in [6.07, 6.45) is 0. The second kappa shape index (κ2) is 8.46. The maximum absolute atomic E-state index is 12.6. The van der Waals surface area contributed by atoms with Crippen LogP contribution in [0.15, 0.2) is 29.2 Å². The Kier molecular flexibility index (Phi) is 6.81. The lowest BCUT2D eigenvalue weighted by atomic mass is 10.1. The lowest BCUT2D eigenvalue weighted by Crippen LogP contribution is -2.52. The minimum atomic E-state index is -3.52. The van der Waals surface area contributed by atoms with Crippen LogP contribution in [0.25, 0.3) is 0 Å². The molecular weight excluding hydrogens is 366 g/mol. The second-order valence-corrected chi connectivity index (χ2v) is 8.03. The normalized spacial score (nSPS) is 22.3. The Morgan fingerprint density at radius 3 is 2.40 bits per heavy atom. The van der Waals surface area contributed by atoms with Crippen molar-refractivity contribution < 1.29 is 17.9 Å². The summed E-state index contributed by atoms with van der Waals surface area (Å²) < 4.78 is 31.8. The van der Waals surface area contributed by atoms with E-state index in [0.717, 1.165) is 13.1 Å². The molecule has 0 aromatic heterocycles. The summed E-state index contributed by atoms with van der Waals surface area (Å²) >= 11 is 0. The molecule has 25 heavy (non-hydrogen) atoms. The summed E-state index contributed by atoms with van der Waals surface area (Å²) in [7, 11) is -3.52. The van der Waals surface area contributed by atoms with E-state index in [0.29, 0.717) is 38.4 Å². The van der Waals surface area contributed by atoms with Gasteiger partial charge in [0.15, 0.2) is 0 Å². The number of halogens is 1. The van der Waals surface area contributed by atoms with Crippen LogP contribution in [-0.2, 0) is 14.8 Å². The first kappa shape index (κ1) is 20.1. The zero-order valence-electron chi connectivity index (χ0n) is 14.2. The van der Waals surface area contributed by atoms with Crippen LogP contribution in [0, 0.1) is 0 Å². The molecule has 2 heterocycles. The quantitative estimate of drug-likeness (QED) is 0.817. The van der Waals surface area contributed by atoms with E-state index >= 15 is 0 Å². The third kappa shape index (κ3) is 4.32. The molecule has 7 nitrogen and oxygen atoms in total. The number of hydrogen-bond donors (Lipinski definition) is 1. The molecule has 0 bridgehead atoms. The number of ether oxygens (including phenoxy) is 1. The number of carbonyl (C=O) groups excluding carboxylic acids is 1. The lowest BCUT2D eigenvalue weighted by molar-refractivity contribution is 0.0655. The zero-order valence-corrected chi connectivity index (χ0v) is 15.8. The third-order valence-corrected chi connectivity index (χ3v) is 6.38. The second-order valence-electron chi connectivity index (χ2n) is 6.09. The number of carbonyl (C=O) groups is 1. The molecule has 1 amide bonds. The van der Waals surface area contributed by atoms with Gasteiger partial charge in [-0.25, -0.2) is 8.42 Å². The van der Waals surface area contributed by atoms with Crippen LogP contribution in [0.3, 0.4) is 0 Å². The summed E-state index contributed by atoms with van der Waals surface area (Å²) in [6, 6.07) is 6.37. The number of sulfonamides is 1. The highest BCUT2D eigenvalue weighted by atomic mass is 35.5. The maximum Gasteiger partial charge on any atom is 0.254 e. The predicted octanol–water partition coefficient (Wildman–Crippen LogP) is 0.563. The Hall–Kier alpha value is -1.19. The van der Waals surface area contributed by atoms with Crippen LogP contribution in [0.2, 0.25) is 0 Å². The van der Waals surface area contributed by atoms with Crippen molar-refractivity contribution in [2.45, 2.75) is 17.9 Å². The summed E-state index contributed by atoms with van der Waals surface area (Å²) in [5.74, 6) is -0.0562. The number of rotatable bonds is 3. The smallest absolute Gasteiger partial charge is 0.254 e.